The van der Waals surface area contributed by atoms with Crippen molar-refractivity contribution in [2.24, 2.45) is 0 Å². The molecule has 0 aliphatic carbocycles. The third-order valence-electron chi connectivity index (χ3n) is 5.62. The standard InChI is InChI=1S/C23H22FN5O2/c1-2-28-14-17(23-27-26-22(31-23)15-6-4-3-5-7-15)21(30)16-12-18(24)20(13-19(16)28)29-10-8-25-9-11-29/h3-7,12-14,25H,2,8-11H2,1H3. The van der Waals surface area contributed by atoms with Crippen molar-refractivity contribution in [3.8, 4) is 22.9 Å². The van der Waals surface area contributed by atoms with E-state index in [0.29, 0.717) is 29.0 Å². The molecule has 0 saturated carbocycles. The minimum atomic E-state index is -0.401. The number of hydrogen-bond donors (Lipinski definition) is 1. The fourth-order valence-electron chi connectivity index (χ4n) is 3.99. The average Bonchev–Trinajstić information content (AvgIpc) is 3.30. The zero-order valence-corrected chi connectivity index (χ0v) is 17.1. The molecule has 0 unspecified atom stereocenters. The quantitative estimate of drug-likeness (QED) is 0.547. The number of piperazine rings is 1. The summed E-state index contributed by atoms with van der Waals surface area (Å²) in [6.07, 6.45) is 1.71. The highest BCUT2D eigenvalue weighted by atomic mass is 19.1. The number of benzene rings is 2. The largest absolute Gasteiger partial charge is 0.416 e. The van der Waals surface area contributed by atoms with Crippen LogP contribution in [-0.4, -0.2) is 40.9 Å². The third-order valence-corrected chi connectivity index (χ3v) is 5.62. The van der Waals surface area contributed by atoms with Gasteiger partial charge in [0.1, 0.15) is 11.4 Å². The molecule has 1 saturated heterocycles. The first-order chi connectivity index (χ1) is 15.2. The van der Waals surface area contributed by atoms with Gasteiger partial charge in [-0.1, -0.05) is 18.2 Å². The molecule has 2 aromatic carbocycles. The number of fused-ring (bicyclic) bond motifs is 1. The van der Waals surface area contributed by atoms with E-state index in [0.717, 1.165) is 31.7 Å². The highest BCUT2D eigenvalue weighted by Gasteiger charge is 2.21. The number of anilines is 1. The van der Waals surface area contributed by atoms with Gasteiger partial charge < -0.3 is 19.2 Å². The molecule has 5 rings (SSSR count). The van der Waals surface area contributed by atoms with Crippen molar-refractivity contribution >= 4 is 16.6 Å². The van der Waals surface area contributed by atoms with Crippen LogP contribution in [0.15, 0.2) is 57.9 Å². The number of halogens is 1. The number of nitrogens with one attached hydrogen (secondary N) is 1. The van der Waals surface area contributed by atoms with Crippen molar-refractivity contribution in [2.45, 2.75) is 13.5 Å². The Morgan fingerprint density at radius 2 is 1.84 bits per heavy atom. The monoisotopic (exact) mass is 419 g/mol. The van der Waals surface area contributed by atoms with Gasteiger partial charge in [-0.05, 0) is 31.2 Å². The average molecular weight is 419 g/mol. The van der Waals surface area contributed by atoms with Crippen LogP contribution in [-0.2, 0) is 6.54 Å². The van der Waals surface area contributed by atoms with E-state index in [9.17, 15) is 4.79 Å². The molecule has 7 nitrogen and oxygen atoms in total. The molecule has 1 aliphatic rings. The summed E-state index contributed by atoms with van der Waals surface area (Å²) >= 11 is 0. The van der Waals surface area contributed by atoms with Crippen LogP contribution in [0.2, 0.25) is 0 Å². The first-order valence-corrected chi connectivity index (χ1v) is 10.4. The summed E-state index contributed by atoms with van der Waals surface area (Å²) in [6, 6.07) is 12.5. The second-order valence-electron chi connectivity index (χ2n) is 7.49. The van der Waals surface area contributed by atoms with Gasteiger partial charge in [0.2, 0.25) is 11.3 Å². The molecule has 8 heteroatoms. The van der Waals surface area contributed by atoms with Gasteiger partial charge in [-0.25, -0.2) is 4.39 Å². The van der Waals surface area contributed by atoms with Crippen molar-refractivity contribution in [1.29, 1.82) is 0 Å². The first kappa shape index (κ1) is 19.4. The van der Waals surface area contributed by atoms with E-state index < -0.39 is 5.82 Å². The molecular formula is C23H22FN5O2. The number of nitrogens with zero attached hydrogens (tertiary/aromatic N) is 4. The number of hydrogen-bond acceptors (Lipinski definition) is 6. The molecule has 4 aromatic rings. The van der Waals surface area contributed by atoms with Crippen LogP contribution in [0.1, 0.15) is 6.92 Å². The van der Waals surface area contributed by atoms with Crippen molar-refractivity contribution in [3.63, 3.8) is 0 Å². The van der Waals surface area contributed by atoms with E-state index in [-0.39, 0.29) is 16.9 Å². The molecular weight excluding hydrogens is 397 g/mol. The predicted molar refractivity (Wildman–Crippen MR) is 118 cm³/mol. The van der Waals surface area contributed by atoms with Gasteiger partial charge in [0.25, 0.3) is 5.89 Å². The molecule has 3 heterocycles. The minimum absolute atomic E-state index is 0.125. The van der Waals surface area contributed by atoms with E-state index in [1.54, 1.807) is 12.3 Å². The van der Waals surface area contributed by atoms with Gasteiger partial charge in [0, 0.05) is 49.9 Å². The van der Waals surface area contributed by atoms with Crippen LogP contribution in [0.25, 0.3) is 33.8 Å². The Hall–Kier alpha value is -3.52. The van der Waals surface area contributed by atoms with Crippen molar-refractivity contribution in [2.75, 3.05) is 31.1 Å². The van der Waals surface area contributed by atoms with Gasteiger partial charge >= 0.3 is 0 Å². The third kappa shape index (κ3) is 3.48. The molecule has 158 valence electrons. The lowest BCUT2D eigenvalue weighted by molar-refractivity contribution is 0.566. The summed E-state index contributed by atoms with van der Waals surface area (Å²) in [7, 11) is 0. The molecule has 0 spiro atoms. The molecule has 2 aromatic heterocycles. The Kier molecular flexibility index (Phi) is 4.99. The fourth-order valence-corrected chi connectivity index (χ4v) is 3.99. The molecule has 1 fully saturated rings. The fraction of sp³-hybridized carbons (Fsp3) is 0.261. The van der Waals surface area contributed by atoms with E-state index in [2.05, 4.69) is 15.5 Å². The molecule has 1 N–H and O–H groups in total. The van der Waals surface area contributed by atoms with Gasteiger partial charge in [-0.15, -0.1) is 10.2 Å². The Morgan fingerprint density at radius 1 is 1.10 bits per heavy atom. The van der Waals surface area contributed by atoms with Crippen LogP contribution < -0.4 is 15.6 Å². The number of aromatic nitrogens is 3. The SMILES string of the molecule is CCn1cc(-c2nnc(-c3ccccc3)o2)c(=O)c2cc(F)c(N3CCNCC3)cc21. The van der Waals surface area contributed by atoms with Gasteiger partial charge in [0.05, 0.1) is 11.2 Å². The van der Waals surface area contributed by atoms with Crippen molar-refractivity contribution in [3.05, 3.63) is 64.7 Å². The summed E-state index contributed by atoms with van der Waals surface area (Å²) in [6.45, 7) is 5.64. The topological polar surface area (TPSA) is 76.2 Å². The Morgan fingerprint density at radius 3 is 2.58 bits per heavy atom. The summed E-state index contributed by atoms with van der Waals surface area (Å²) in [5, 5.41) is 11.7. The molecule has 0 bridgehead atoms. The molecule has 0 atom stereocenters. The smallest absolute Gasteiger partial charge is 0.253 e. The lowest BCUT2D eigenvalue weighted by Crippen LogP contribution is -2.43. The van der Waals surface area contributed by atoms with E-state index >= 15 is 4.39 Å². The lowest BCUT2D eigenvalue weighted by Gasteiger charge is -2.30. The van der Waals surface area contributed by atoms with Crippen LogP contribution in [0.5, 0.6) is 0 Å². The zero-order valence-electron chi connectivity index (χ0n) is 17.1. The second-order valence-corrected chi connectivity index (χ2v) is 7.49. The molecule has 31 heavy (non-hydrogen) atoms. The van der Waals surface area contributed by atoms with Gasteiger partial charge in [-0.2, -0.15) is 0 Å². The maximum absolute atomic E-state index is 15.0. The molecule has 0 amide bonds. The van der Waals surface area contributed by atoms with Crippen LogP contribution in [0.3, 0.4) is 0 Å². The van der Waals surface area contributed by atoms with Crippen LogP contribution >= 0.6 is 0 Å². The molecule has 1 aliphatic heterocycles. The summed E-state index contributed by atoms with van der Waals surface area (Å²) in [5.74, 6) is 0.0553. The minimum Gasteiger partial charge on any atom is -0.416 e. The van der Waals surface area contributed by atoms with E-state index in [4.69, 9.17) is 4.42 Å². The zero-order chi connectivity index (χ0) is 21.4. The highest BCUT2D eigenvalue weighted by Crippen LogP contribution is 2.28. The Labute approximate surface area is 178 Å². The number of pyridine rings is 1. The lowest BCUT2D eigenvalue weighted by atomic mass is 10.1. The Balaban J connectivity index is 1.63. The molecule has 0 radical (unpaired) electrons. The normalized spacial score (nSPS) is 14.3. The number of rotatable bonds is 4. The van der Waals surface area contributed by atoms with Crippen LogP contribution in [0.4, 0.5) is 10.1 Å². The van der Waals surface area contributed by atoms with Crippen molar-refractivity contribution < 1.29 is 8.81 Å². The highest BCUT2D eigenvalue weighted by molar-refractivity contribution is 5.86. The summed E-state index contributed by atoms with van der Waals surface area (Å²) < 4.78 is 22.7. The predicted octanol–water partition coefficient (Wildman–Crippen LogP) is 3.29. The maximum atomic E-state index is 15.0. The second kappa shape index (κ2) is 7.96. The van der Waals surface area contributed by atoms with Gasteiger partial charge in [-0.3, -0.25) is 4.79 Å². The van der Waals surface area contributed by atoms with E-state index in [1.165, 1.54) is 6.07 Å². The van der Waals surface area contributed by atoms with Crippen molar-refractivity contribution in [1.82, 2.24) is 20.1 Å². The summed E-state index contributed by atoms with van der Waals surface area (Å²) in [5.41, 5.74) is 1.91. The maximum Gasteiger partial charge on any atom is 0.253 e. The van der Waals surface area contributed by atoms with E-state index in [1.807, 2.05) is 46.7 Å². The Bertz CT molecular complexity index is 1290. The number of aryl methyl sites for hydroxylation is 1. The van der Waals surface area contributed by atoms with Crippen LogP contribution in [0, 0.1) is 5.82 Å². The summed E-state index contributed by atoms with van der Waals surface area (Å²) in [4.78, 5) is 15.3. The van der Waals surface area contributed by atoms with Gasteiger partial charge in [0.15, 0.2) is 0 Å². The first-order valence-electron chi connectivity index (χ1n) is 10.4.